The molecule has 1 aliphatic heterocycles. The van der Waals surface area contributed by atoms with Gasteiger partial charge in [-0.1, -0.05) is 0 Å². The molecule has 1 saturated heterocycles. The molecule has 0 aliphatic carbocycles. The monoisotopic (exact) mass is 336 g/mol. The highest BCUT2D eigenvalue weighted by molar-refractivity contribution is 5.94. The molecule has 134 valence electrons. The van der Waals surface area contributed by atoms with E-state index in [0.29, 0.717) is 38.0 Å². The van der Waals surface area contributed by atoms with Crippen LogP contribution in [0.5, 0.6) is 0 Å². The summed E-state index contributed by atoms with van der Waals surface area (Å²) in [4.78, 5) is 26.3. The molecule has 1 aromatic heterocycles. The van der Waals surface area contributed by atoms with Crippen molar-refractivity contribution < 1.29 is 19.4 Å². The van der Waals surface area contributed by atoms with E-state index in [0.717, 1.165) is 0 Å². The lowest BCUT2D eigenvalue weighted by molar-refractivity contribution is -0.153. The van der Waals surface area contributed by atoms with Gasteiger partial charge in [0.05, 0.1) is 11.0 Å². The molecule has 1 N–H and O–H groups in total. The molecule has 0 bridgehead atoms. The van der Waals surface area contributed by atoms with Crippen LogP contribution < -0.4 is 0 Å². The van der Waals surface area contributed by atoms with E-state index in [4.69, 9.17) is 4.74 Å². The van der Waals surface area contributed by atoms with Crippen molar-refractivity contribution in [2.45, 2.75) is 45.6 Å². The summed E-state index contributed by atoms with van der Waals surface area (Å²) in [7, 11) is 1.57. The number of carbonyl (C=O) groups excluding carboxylic acids is 1. The quantitative estimate of drug-likeness (QED) is 0.897. The van der Waals surface area contributed by atoms with Crippen LogP contribution in [0.25, 0.3) is 0 Å². The van der Waals surface area contributed by atoms with E-state index >= 15 is 0 Å². The number of likely N-dealkylation sites (tertiary alicyclic amines) is 1. The zero-order chi connectivity index (χ0) is 18.0. The second-order valence-electron chi connectivity index (χ2n) is 7.64. The number of hydrogen-bond acceptors (Lipinski definition) is 3. The van der Waals surface area contributed by atoms with Gasteiger partial charge >= 0.3 is 5.97 Å². The van der Waals surface area contributed by atoms with E-state index in [1.807, 2.05) is 17.0 Å². The fraction of sp³-hybridized carbons (Fsp3) is 0.667. The Morgan fingerprint density at radius 2 is 2.08 bits per heavy atom. The molecule has 1 aliphatic rings. The SMILES string of the molecule is COCCC1(C(=O)O)CCCN(C(=O)c2ccn(C(C)(C)C)c2)C1. The number of ether oxygens (including phenoxy) is 1. The van der Waals surface area contributed by atoms with E-state index in [1.54, 1.807) is 18.1 Å². The predicted octanol–water partition coefficient (Wildman–Crippen LogP) is 2.59. The lowest BCUT2D eigenvalue weighted by Crippen LogP contribution is -2.50. The van der Waals surface area contributed by atoms with Gasteiger partial charge in [0.25, 0.3) is 5.91 Å². The molecule has 1 aromatic rings. The Labute approximate surface area is 143 Å². The summed E-state index contributed by atoms with van der Waals surface area (Å²) in [5.74, 6) is -0.940. The summed E-state index contributed by atoms with van der Waals surface area (Å²) >= 11 is 0. The van der Waals surface area contributed by atoms with Crippen molar-refractivity contribution in [1.29, 1.82) is 0 Å². The smallest absolute Gasteiger partial charge is 0.311 e. The van der Waals surface area contributed by atoms with Crippen molar-refractivity contribution in [3.63, 3.8) is 0 Å². The summed E-state index contributed by atoms with van der Waals surface area (Å²) in [5.41, 5.74) is -0.391. The molecule has 2 rings (SSSR count). The van der Waals surface area contributed by atoms with Crippen LogP contribution in [0, 0.1) is 5.41 Å². The van der Waals surface area contributed by atoms with Crippen molar-refractivity contribution in [1.82, 2.24) is 9.47 Å². The highest BCUT2D eigenvalue weighted by Gasteiger charge is 2.43. The number of carboxylic acids is 1. The highest BCUT2D eigenvalue weighted by Crippen LogP contribution is 2.34. The Hall–Kier alpha value is -1.82. The van der Waals surface area contributed by atoms with Gasteiger partial charge in [-0.25, -0.2) is 0 Å². The molecular formula is C18H28N2O4. The van der Waals surface area contributed by atoms with Crippen molar-refractivity contribution in [3.8, 4) is 0 Å². The second-order valence-corrected chi connectivity index (χ2v) is 7.64. The standard InChI is InChI=1S/C18H28N2O4/c1-17(2,3)20-10-6-14(12-20)15(21)19-9-5-7-18(13-19,16(22)23)8-11-24-4/h6,10,12H,5,7-9,11,13H2,1-4H3,(H,22,23). The highest BCUT2D eigenvalue weighted by atomic mass is 16.5. The lowest BCUT2D eigenvalue weighted by atomic mass is 9.77. The summed E-state index contributed by atoms with van der Waals surface area (Å²) < 4.78 is 7.07. The number of carbonyl (C=O) groups is 2. The Morgan fingerprint density at radius 3 is 2.62 bits per heavy atom. The van der Waals surface area contributed by atoms with Crippen LogP contribution in [0.3, 0.4) is 0 Å². The molecular weight excluding hydrogens is 308 g/mol. The number of aromatic nitrogens is 1. The van der Waals surface area contributed by atoms with E-state index < -0.39 is 11.4 Å². The van der Waals surface area contributed by atoms with Crippen molar-refractivity contribution in [2.24, 2.45) is 5.41 Å². The topological polar surface area (TPSA) is 71.8 Å². The number of hydrogen-bond donors (Lipinski definition) is 1. The average molecular weight is 336 g/mol. The minimum Gasteiger partial charge on any atom is -0.481 e. The predicted molar refractivity (Wildman–Crippen MR) is 91.1 cm³/mol. The van der Waals surface area contributed by atoms with Gasteiger partial charge in [0, 0.05) is 44.7 Å². The molecule has 2 heterocycles. The van der Waals surface area contributed by atoms with E-state index in [9.17, 15) is 14.7 Å². The van der Waals surface area contributed by atoms with Gasteiger partial charge in [-0.2, -0.15) is 0 Å². The van der Waals surface area contributed by atoms with E-state index in [1.165, 1.54) is 0 Å². The Balaban J connectivity index is 2.17. The summed E-state index contributed by atoms with van der Waals surface area (Å²) in [6.45, 7) is 7.44. The van der Waals surface area contributed by atoms with Gasteiger partial charge in [0.15, 0.2) is 0 Å². The number of piperidine rings is 1. The summed E-state index contributed by atoms with van der Waals surface area (Å²) in [5, 5.41) is 9.70. The van der Waals surface area contributed by atoms with E-state index in [-0.39, 0.29) is 18.0 Å². The molecule has 0 radical (unpaired) electrons. The minimum atomic E-state index is -0.906. The first-order chi connectivity index (χ1) is 11.2. The molecule has 0 spiro atoms. The molecule has 6 nitrogen and oxygen atoms in total. The van der Waals surface area contributed by atoms with Crippen molar-refractivity contribution >= 4 is 11.9 Å². The van der Waals surface area contributed by atoms with Crippen LogP contribution >= 0.6 is 0 Å². The average Bonchev–Trinajstić information content (AvgIpc) is 3.02. The van der Waals surface area contributed by atoms with Crippen molar-refractivity contribution in [2.75, 3.05) is 26.8 Å². The number of amides is 1. The molecule has 0 saturated carbocycles. The number of aliphatic carboxylic acids is 1. The van der Waals surface area contributed by atoms with Gasteiger partial charge < -0.3 is 19.3 Å². The van der Waals surface area contributed by atoms with Crippen molar-refractivity contribution in [3.05, 3.63) is 24.0 Å². The Bertz CT molecular complexity index is 602. The molecule has 24 heavy (non-hydrogen) atoms. The first-order valence-electron chi connectivity index (χ1n) is 8.40. The molecule has 0 aromatic carbocycles. The van der Waals surface area contributed by atoms with Crippen LogP contribution in [0.2, 0.25) is 0 Å². The van der Waals surface area contributed by atoms with Gasteiger partial charge in [0.1, 0.15) is 0 Å². The zero-order valence-electron chi connectivity index (χ0n) is 15.0. The largest absolute Gasteiger partial charge is 0.481 e. The Morgan fingerprint density at radius 1 is 1.38 bits per heavy atom. The Kier molecular flexibility index (Phi) is 5.38. The normalized spacial score (nSPS) is 21.8. The maximum atomic E-state index is 12.8. The molecule has 1 atom stereocenters. The first kappa shape index (κ1) is 18.5. The third-order valence-electron chi connectivity index (χ3n) is 4.82. The molecule has 1 amide bonds. The first-order valence-corrected chi connectivity index (χ1v) is 8.40. The second kappa shape index (κ2) is 6.97. The molecule has 1 fully saturated rings. The number of methoxy groups -OCH3 is 1. The van der Waals surface area contributed by atoms with Gasteiger partial charge in [-0.05, 0) is 46.1 Å². The third-order valence-corrected chi connectivity index (χ3v) is 4.82. The van der Waals surface area contributed by atoms with Crippen LogP contribution in [0.1, 0.15) is 50.4 Å². The van der Waals surface area contributed by atoms with Gasteiger partial charge in [-0.3, -0.25) is 9.59 Å². The van der Waals surface area contributed by atoms with Crippen LogP contribution in [-0.2, 0) is 15.1 Å². The van der Waals surface area contributed by atoms with E-state index in [2.05, 4.69) is 20.8 Å². The van der Waals surface area contributed by atoms with Crippen LogP contribution in [0.15, 0.2) is 18.5 Å². The minimum absolute atomic E-state index is 0.0935. The lowest BCUT2D eigenvalue weighted by Gasteiger charge is -2.39. The van der Waals surface area contributed by atoms with Gasteiger partial charge in [-0.15, -0.1) is 0 Å². The van der Waals surface area contributed by atoms with Crippen LogP contribution in [-0.4, -0.2) is 53.3 Å². The fourth-order valence-corrected chi connectivity index (χ4v) is 3.21. The summed E-state index contributed by atoms with van der Waals surface area (Å²) in [6.07, 6.45) is 5.44. The molecule has 6 heteroatoms. The maximum absolute atomic E-state index is 12.8. The number of rotatable bonds is 5. The fourth-order valence-electron chi connectivity index (χ4n) is 3.21. The van der Waals surface area contributed by atoms with Crippen LogP contribution in [0.4, 0.5) is 0 Å². The third kappa shape index (κ3) is 3.80. The number of nitrogens with zero attached hydrogens (tertiary/aromatic N) is 2. The zero-order valence-corrected chi connectivity index (χ0v) is 15.0. The van der Waals surface area contributed by atoms with Gasteiger partial charge in [0.2, 0.25) is 0 Å². The maximum Gasteiger partial charge on any atom is 0.311 e. The summed E-state index contributed by atoms with van der Waals surface area (Å²) in [6, 6.07) is 1.81. The molecule has 1 unspecified atom stereocenters. The number of carboxylic acid groups (broad SMARTS) is 1.